The lowest BCUT2D eigenvalue weighted by atomic mass is 11.0. The number of hydrogen-bond donors (Lipinski definition) is 0. The maximum absolute atomic E-state index is 6.95. The lowest BCUT2D eigenvalue weighted by Gasteiger charge is -1.69. The Morgan fingerprint density at radius 2 is 3.00 bits per heavy atom. The Kier molecular flexibility index (Phi) is 0.713. The molecule has 0 N–H and O–H groups in total. The van der Waals surface area contributed by atoms with Crippen molar-refractivity contribution in [3.63, 3.8) is 0 Å². The first-order valence-corrected chi connectivity index (χ1v) is 3.29. The molecule has 1 aromatic rings. The summed E-state index contributed by atoms with van der Waals surface area (Å²) in [7, 11) is 0. The molecule has 3 heteroatoms. The zero-order chi connectivity index (χ0) is 7.78. The monoisotopic (exact) mass is 181 g/mol. The van der Waals surface area contributed by atoms with Gasteiger partial charge in [-0.05, 0) is 22.8 Å². The summed E-state index contributed by atoms with van der Waals surface area (Å²) in [4.78, 5) is 3.75. The molecule has 0 aliphatic rings. The lowest BCUT2D eigenvalue weighted by Crippen LogP contribution is -1.61. The van der Waals surface area contributed by atoms with E-state index in [1.54, 1.807) is 5.38 Å². The van der Waals surface area contributed by atoms with Gasteiger partial charge in [0.05, 0.1) is 5.01 Å². The minimum Gasteiger partial charge on any atom is -0.235 e. The Labute approximate surface area is 58.7 Å². The topological polar surface area (TPSA) is 12.9 Å². The average molecular weight is 182 g/mol. The maximum atomic E-state index is 6.95. The van der Waals surface area contributed by atoms with Crippen LogP contribution in [0.1, 0.15) is 9.12 Å². The van der Waals surface area contributed by atoms with Gasteiger partial charge in [-0.3, -0.25) is 0 Å². The number of aromatic nitrogens is 1. The molecule has 0 radical (unpaired) electrons. The molecule has 0 amide bonds. The molecular weight excluding hydrogens is 175 g/mol. The van der Waals surface area contributed by atoms with Crippen LogP contribution in [0.5, 0.6) is 0 Å². The van der Waals surface area contributed by atoms with Crippen molar-refractivity contribution in [2.24, 2.45) is 0 Å². The quantitative estimate of drug-likeness (QED) is 0.560. The first-order chi connectivity index (χ1) is 4.50. The first kappa shape index (κ1) is 2.60. The summed E-state index contributed by atoms with van der Waals surface area (Å²) in [5.41, 5.74) is 0. The standard InChI is InChI=1S/C4H4BrNS/c1-3-6-4(5)2-7-3/h2H,1H3/i1+1D3. The molecule has 0 fully saturated rings. The number of hydrogen-bond acceptors (Lipinski definition) is 2. The van der Waals surface area contributed by atoms with E-state index in [-0.39, 0.29) is 5.01 Å². The van der Waals surface area contributed by atoms with Gasteiger partial charge in [-0.15, -0.1) is 11.3 Å². The van der Waals surface area contributed by atoms with Gasteiger partial charge in [-0.2, -0.15) is 0 Å². The second kappa shape index (κ2) is 1.92. The maximum Gasteiger partial charge on any atom is 0.117 e. The average Bonchev–Trinajstić information content (AvgIpc) is 2.11. The van der Waals surface area contributed by atoms with E-state index in [0.717, 1.165) is 11.3 Å². The molecule has 0 aliphatic carbocycles. The summed E-state index contributed by atoms with van der Waals surface area (Å²) in [5, 5.41) is 1.83. The van der Waals surface area contributed by atoms with E-state index >= 15 is 0 Å². The molecular formula is C4H4BrNS. The van der Waals surface area contributed by atoms with Crippen LogP contribution in [-0.2, 0) is 0 Å². The molecule has 1 heterocycles. The van der Waals surface area contributed by atoms with Crippen LogP contribution in [0.15, 0.2) is 9.98 Å². The molecule has 0 bridgehead atoms. The smallest absolute Gasteiger partial charge is 0.117 e. The van der Waals surface area contributed by atoms with Crippen LogP contribution in [0.4, 0.5) is 0 Å². The van der Waals surface area contributed by atoms with E-state index < -0.39 is 6.85 Å². The van der Waals surface area contributed by atoms with Crippen LogP contribution >= 0.6 is 27.3 Å². The van der Waals surface area contributed by atoms with Gasteiger partial charge >= 0.3 is 0 Å². The summed E-state index contributed by atoms with van der Waals surface area (Å²) in [6, 6.07) is 0. The second-order valence-electron chi connectivity index (χ2n) is 0.975. The van der Waals surface area contributed by atoms with Gasteiger partial charge in [-0.25, -0.2) is 4.98 Å². The SMILES string of the molecule is [2H][13C]([2H])([2H])c1nc(Br)cs1. The van der Waals surface area contributed by atoms with Crippen molar-refractivity contribution in [2.45, 2.75) is 6.85 Å². The highest BCUT2D eigenvalue weighted by Crippen LogP contribution is 2.12. The Hall–Kier alpha value is 0.110. The van der Waals surface area contributed by atoms with Crippen molar-refractivity contribution in [1.82, 2.24) is 4.98 Å². The normalized spacial score (nSPS) is 17.6. The third-order valence-electron chi connectivity index (χ3n) is 0.476. The summed E-state index contributed by atoms with van der Waals surface area (Å²) >= 11 is 4.21. The van der Waals surface area contributed by atoms with Gasteiger partial charge in [0, 0.05) is 9.49 Å². The zero-order valence-corrected chi connectivity index (χ0v) is 5.71. The Bertz CT molecular complexity index is 231. The van der Waals surface area contributed by atoms with E-state index in [1.165, 1.54) is 0 Å². The molecule has 0 aromatic carbocycles. The molecule has 0 saturated heterocycles. The molecule has 0 aliphatic heterocycles. The van der Waals surface area contributed by atoms with Crippen LogP contribution < -0.4 is 0 Å². The van der Waals surface area contributed by atoms with Gasteiger partial charge in [0.2, 0.25) is 0 Å². The van der Waals surface area contributed by atoms with Crippen LogP contribution in [0.25, 0.3) is 0 Å². The first-order valence-electron chi connectivity index (χ1n) is 3.11. The van der Waals surface area contributed by atoms with E-state index in [9.17, 15) is 0 Å². The zero-order valence-electron chi connectivity index (χ0n) is 6.31. The van der Waals surface area contributed by atoms with Crippen molar-refractivity contribution in [1.29, 1.82) is 0 Å². The summed E-state index contributed by atoms with van der Waals surface area (Å²) < 4.78 is 21.4. The molecule has 38 valence electrons. The number of aryl methyl sites for hydroxylation is 1. The molecule has 0 spiro atoms. The summed E-state index contributed by atoms with van der Waals surface area (Å²) in [5.74, 6) is 0. The van der Waals surface area contributed by atoms with E-state index in [2.05, 4.69) is 20.9 Å². The van der Waals surface area contributed by atoms with Crippen molar-refractivity contribution >= 4 is 27.3 Å². The predicted octanol–water partition coefficient (Wildman–Crippen LogP) is 2.21. The summed E-state index contributed by atoms with van der Waals surface area (Å²) in [6.07, 6.45) is 0. The van der Waals surface area contributed by atoms with E-state index in [4.69, 9.17) is 4.11 Å². The van der Waals surface area contributed by atoms with Crippen molar-refractivity contribution in [2.75, 3.05) is 0 Å². The van der Waals surface area contributed by atoms with Crippen LogP contribution in [0.2, 0.25) is 0 Å². The molecule has 7 heavy (non-hydrogen) atoms. The Balaban J connectivity index is 2.96. The highest BCUT2D eigenvalue weighted by atomic mass is 79.9. The van der Waals surface area contributed by atoms with Gasteiger partial charge in [0.25, 0.3) is 0 Å². The molecule has 1 aromatic heterocycles. The predicted molar refractivity (Wildman–Crippen MR) is 34.6 cm³/mol. The third-order valence-corrected chi connectivity index (χ3v) is 1.84. The van der Waals surface area contributed by atoms with E-state index in [1.807, 2.05) is 0 Å². The van der Waals surface area contributed by atoms with Gasteiger partial charge in [0.15, 0.2) is 0 Å². The highest BCUT2D eigenvalue weighted by molar-refractivity contribution is 9.10. The van der Waals surface area contributed by atoms with Crippen molar-refractivity contribution < 1.29 is 4.11 Å². The van der Waals surface area contributed by atoms with Crippen LogP contribution in [0, 0.1) is 6.85 Å². The van der Waals surface area contributed by atoms with Crippen molar-refractivity contribution in [3.05, 3.63) is 15.0 Å². The number of halogens is 1. The van der Waals surface area contributed by atoms with Gasteiger partial charge in [-0.1, -0.05) is 0 Å². The Morgan fingerprint density at radius 1 is 2.14 bits per heavy atom. The number of nitrogens with zero attached hydrogens (tertiary/aromatic N) is 1. The highest BCUT2D eigenvalue weighted by Gasteiger charge is 1.87. The minimum atomic E-state index is -2.06. The van der Waals surface area contributed by atoms with E-state index in [0.29, 0.717) is 4.60 Å². The molecule has 0 unspecified atom stereocenters. The number of rotatable bonds is 0. The number of thiazole rings is 1. The Morgan fingerprint density at radius 3 is 3.29 bits per heavy atom. The third kappa shape index (κ3) is 1.24. The second-order valence-corrected chi connectivity index (χ2v) is 2.65. The fraction of sp³-hybridized carbons (Fsp3) is 0.250. The molecule has 0 saturated carbocycles. The van der Waals surface area contributed by atoms with Crippen LogP contribution in [-0.4, -0.2) is 4.98 Å². The molecule has 1 rings (SSSR count). The minimum absolute atomic E-state index is 0.180. The fourth-order valence-electron chi connectivity index (χ4n) is 0.254. The molecule has 1 nitrogen and oxygen atoms in total. The van der Waals surface area contributed by atoms with Crippen LogP contribution in [0.3, 0.4) is 0 Å². The van der Waals surface area contributed by atoms with Crippen molar-refractivity contribution in [3.8, 4) is 0 Å². The molecule has 0 atom stereocenters. The van der Waals surface area contributed by atoms with Gasteiger partial charge in [0.1, 0.15) is 4.60 Å². The van der Waals surface area contributed by atoms with Gasteiger partial charge < -0.3 is 0 Å². The fourth-order valence-corrected chi connectivity index (χ4v) is 1.24. The largest absolute Gasteiger partial charge is 0.235 e. The lowest BCUT2D eigenvalue weighted by molar-refractivity contribution is 1.26. The summed E-state index contributed by atoms with van der Waals surface area (Å²) in [6.45, 7) is -2.06.